The van der Waals surface area contributed by atoms with E-state index in [0.717, 1.165) is 16.7 Å². The van der Waals surface area contributed by atoms with Crippen LogP contribution in [0.3, 0.4) is 0 Å². The standard InChI is InChI=1S/C28H22N2O5/c31-24-16-26(29-11-13-34-14-12-29)35-25-15-20(9-10-23(24)25)19-7-5-18(6-8-19)17-30-27(32)21-3-1-2-4-22(21)28(30)33/h1-10,15-16H,11-14,17H2. The molecule has 0 bridgehead atoms. The molecule has 0 N–H and O–H groups in total. The molecule has 0 radical (unpaired) electrons. The molecule has 1 saturated heterocycles. The highest BCUT2D eigenvalue weighted by Gasteiger charge is 2.34. The molecular formula is C28H22N2O5. The fourth-order valence-corrected chi connectivity index (χ4v) is 4.63. The Balaban J connectivity index is 1.26. The number of carbonyl (C=O) groups is 2. The highest BCUT2D eigenvalue weighted by atomic mass is 16.5. The molecule has 1 fully saturated rings. The number of fused-ring (bicyclic) bond motifs is 2. The molecule has 7 heteroatoms. The number of ether oxygens (including phenoxy) is 1. The first-order valence-corrected chi connectivity index (χ1v) is 11.5. The number of hydrogen-bond donors (Lipinski definition) is 0. The van der Waals surface area contributed by atoms with Gasteiger partial charge in [-0.15, -0.1) is 0 Å². The Morgan fingerprint density at radius 1 is 0.743 bits per heavy atom. The van der Waals surface area contributed by atoms with Crippen molar-refractivity contribution in [2.45, 2.75) is 6.54 Å². The molecule has 4 aromatic rings. The van der Waals surface area contributed by atoms with Gasteiger partial charge in [-0.2, -0.15) is 0 Å². The Labute approximate surface area is 201 Å². The first-order valence-electron chi connectivity index (χ1n) is 11.5. The maximum absolute atomic E-state index is 12.7. The minimum absolute atomic E-state index is 0.0735. The molecule has 2 aliphatic heterocycles. The Kier molecular flexibility index (Phi) is 5.19. The lowest BCUT2D eigenvalue weighted by Gasteiger charge is -2.27. The summed E-state index contributed by atoms with van der Waals surface area (Å²) in [4.78, 5) is 41.3. The summed E-state index contributed by atoms with van der Waals surface area (Å²) in [5, 5.41) is 0.535. The number of carbonyl (C=O) groups excluding carboxylic acids is 2. The van der Waals surface area contributed by atoms with Gasteiger partial charge >= 0.3 is 0 Å². The topological polar surface area (TPSA) is 80.1 Å². The van der Waals surface area contributed by atoms with Crippen LogP contribution in [0.1, 0.15) is 26.3 Å². The van der Waals surface area contributed by atoms with Crippen LogP contribution in [0.25, 0.3) is 22.1 Å². The monoisotopic (exact) mass is 466 g/mol. The van der Waals surface area contributed by atoms with Gasteiger partial charge in [0.1, 0.15) is 5.58 Å². The van der Waals surface area contributed by atoms with Crippen molar-refractivity contribution in [1.82, 2.24) is 4.90 Å². The van der Waals surface area contributed by atoms with Gasteiger partial charge in [-0.25, -0.2) is 0 Å². The SMILES string of the molecule is O=C1c2ccccc2C(=O)N1Cc1ccc(-c2ccc3c(=O)cc(N4CCOCC4)oc3c2)cc1. The van der Waals surface area contributed by atoms with Gasteiger partial charge < -0.3 is 14.1 Å². The van der Waals surface area contributed by atoms with Crippen molar-refractivity contribution in [1.29, 1.82) is 0 Å². The van der Waals surface area contributed by atoms with Crippen molar-refractivity contribution in [3.05, 3.63) is 99.7 Å². The molecule has 174 valence electrons. The van der Waals surface area contributed by atoms with Crippen molar-refractivity contribution >= 4 is 28.7 Å². The van der Waals surface area contributed by atoms with Crippen LogP contribution in [0.2, 0.25) is 0 Å². The molecule has 2 aliphatic rings. The van der Waals surface area contributed by atoms with E-state index in [0.29, 0.717) is 54.3 Å². The lowest BCUT2D eigenvalue weighted by molar-refractivity contribution is 0.0642. The van der Waals surface area contributed by atoms with Gasteiger partial charge in [0, 0.05) is 19.2 Å². The van der Waals surface area contributed by atoms with Gasteiger partial charge in [-0.05, 0) is 41.0 Å². The van der Waals surface area contributed by atoms with Gasteiger partial charge in [-0.1, -0.05) is 42.5 Å². The largest absolute Gasteiger partial charge is 0.440 e. The minimum Gasteiger partial charge on any atom is -0.440 e. The van der Waals surface area contributed by atoms with E-state index in [-0.39, 0.29) is 23.8 Å². The predicted octanol–water partition coefficient (Wildman–Crippen LogP) is 4.09. The average molecular weight is 466 g/mol. The van der Waals surface area contributed by atoms with Gasteiger partial charge in [0.05, 0.1) is 36.3 Å². The molecule has 2 amide bonds. The van der Waals surface area contributed by atoms with Crippen molar-refractivity contribution in [2.75, 3.05) is 31.2 Å². The van der Waals surface area contributed by atoms with Crippen LogP contribution in [-0.4, -0.2) is 43.0 Å². The van der Waals surface area contributed by atoms with Crippen molar-refractivity contribution in [3.63, 3.8) is 0 Å². The molecule has 0 aliphatic carbocycles. The second kappa shape index (κ2) is 8.52. The summed E-state index contributed by atoms with van der Waals surface area (Å²) in [5.74, 6) is 0.0184. The van der Waals surface area contributed by atoms with Gasteiger partial charge in [-0.3, -0.25) is 19.3 Å². The third-order valence-corrected chi connectivity index (χ3v) is 6.55. The molecule has 3 aromatic carbocycles. The summed E-state index contributed by atoms with van der Waals surface area (Å²) in [6.07, 6.45) is 0. The maximum atomic E-state index is 12.7. The number of nitrogens with zero attached hydrogens (tertiary/aromatic N) is 2. The van der Waals surface area contributed by atoms with Gasteiger partial charge in [0.25, 0.3) is 11.8 Å². The number of hydrogen-bond acceptors (Lipinski definition) is 6. The van der Waals surface area contributed by atoms with Crippen molar-refractivity contribution in [2.24, 2.45) is 0 Å². The number of amides is 2. The molecule has 1 aromatic heterocycles. The van der Waals surface area contributed by atoms with E-state index in [1.165, 1.54) is 4.90 Å². The third kappa shape index (κ3) is 3.80. The molecule has 3 heterocycles. The third-order valence-electron chi connectivity index (χ3n) is 6.55. The molecule has 0 atom stereocenters. The summed E-state index contributed by atoms with van der Waals surface area (Å²) >= 11 is 0. The predicted molar refractivity (Wildman–Crippen MR) is 132 cm³/mol. The Morgan fingerprint density at radius 3 is 2.09 bits per heavy atom. The quantitative estimate of drug-likeness (QED) is 0.422. The fourth-order valence-electron chi connectivity index (χ4n) is 4.63. The number of benzene rings is 3. The summed E-state index contributed by atoms with van der Waals surface area (Å²) in [6.45, 7) is 2.79. The lowest BCUT2D eigenvalue weighted by atomic mass is 10.0. The van der Waals surface area contributed by atoms with Crippen LogP contribution >= 0.6 is 0 Å². The van der Waals surface area contributed by atoms with Gasteiger partial charge in [0.15, 0.2) is 11.3 Å². The van der Waals surface area contributed by atoms with Crippen LogP contribution in [0, 0.1) is 0 Å². The highest BCUT2D eigenvalue weighted by molar-refractivity contribution is 6.21. The number of anilines is 1. The Hall–Kier alpha value is -4.23. The zero-order valence-electron chi connectivity index (χ0n) is 18.9. The first-order chi connectivity index (χ1) is 17.1. The zero-order chi connectivity index (χ0) is 23.9. The zero-order valence-corrected chi connectivity index (χ0v) is 18.9. The molecule has 0 saturated carbocycles. The summed E-state index contributed by atoms with van der Waals surface area (Å²) in [5.41, 5.74) is 4.06. The minimum atomic E-state index is -0.268. The summed E-state index contributed by atoms with van der Waals surface area (Å²) < 4.78 is 11.5. The van der Waals surface area contributed by atoms with E-state index in [1.807, 2.05) is 41.3 Å². The number of imide groups is 1. The molecule has 0 spiro atoms. The van der Waals surface area contributed by atoms with Crippen LogP contribution < -0.4 is 10.3 Å². The van der Waals surface area contributed by atoms with E-state index in [2.05, 4.69) is 0 Å². The molecular weight excluding hydrogens is 444 g/mol. The van der Waals surface area contributed by atoms with E-state index >= 15 is 0 Å². The first kappa shape index (κ1) is 21.3. The number of morpholine rings is 1. The van der Waals surface area contributed by atoms with Crippen molar-refractivity contribution in [3.8, 4) is 11.1 Å². The normalized spacial score (nSPS) is 15.7. The molecule has 0 unspecified atom stereocenters. The molecule has 7 nitrogen and oxygen atoms in total. The highest BCUT2D eigenvalue weighted by Crippen LogP contribution is 2.28. The summed E-state index contributed by atoms with van der Waals surface area (Å²) in [6, 6.07) is 21.7. The summed E-state index contributed by atoms with van der Waals surface area (Å²) in [7, 11) is 0. The van der Waals surface area contributed by atoms with E-state index in [9.17, 15) is 14.4 Å². The smallest absolute Gasteiger partial charge is 0.261 e. The fraction of sp³-hybridized carbons (Fsp3) is 0.179. The Morgan fingerprint density at radius 2 is 1.40 bits per heavy atom. The van der Waals surface area contributed by atoms with Crippen LogP contribution in [0.5, 0.6) is 0 Å². The Bertz CT molecular complexity index is 1480. The van der Waals surface area contributed by atoms with Crippen LogP contribution in [-0.2, 0) is 11.3 Å². The second-order valence-electron chi connectivity index (χ2n) is 8.70. The van der Waals surface area contributed by atoms with Crippen LogP contribution in [0.4, 0.5) is 5.88 Å². The van der Waals surface area contributed by atoms with Gasteiger partial charge in [0.2, 0.25) is 0 Å². The van der Waals surface area contributed by atoms with E-state index in [4.69, 9.17) is 9.15 Å². The van der Waals surface area contributed by atoms with E-state index in [1.54, 1.807) is 36.4 Å². The van der Waals surface area contributed by atoms with Crippen LogP contribution in [0.15, 0.2) is 82.0 Å². The van der Waals surface area contributed by atoms with E-state index < -0.39 is 0 Å². The number of rotatable bonds is 4. The average Bonchev–Trinajstić information content (AvgIpc) is 3.14. The molecule has 6 rings (SSSR count). The van der Waals surface area contributed by atoms with Crippen molar-refractivity contribution < 1.29 is 18.7 Å². The lowest BCUT2D eigenvalue weighted by Crippen LogP contribution is -2.36. The molecule has 35 heavy (non-hydrogen) atoms. The maximum Gasteiger partial charge on any atom is 0.261 e. The second-order valence-corrected chi connectivity index (χ2v) is 8.70.